The summed E-state index contributed by atoms with van der Waals surface area (Å²) in [7, 11) is 0. The van der Waals surface area contributed by atoms with Gasteiger partial charge in [-0.25, -0.2) is 14.4 Å². The Morgan fingerprint density at radius 3 is 1.05 bits per heavy atom. The second kappa shape index (κ2) is 18.4. The summed E-state index contributed by atoms with van der Waals surface area (Å²) in [6, 6.07) is 28.3. The molecule has 0 bridgehead atoms. The first-order valence-corrected chi connectivity index (χ1v) is 13.8. The zero-order chi connectivity index (χ0) is 29.9. The van der Waals surface area contributed by atoms with Crippen LogP contribution >= 0.6 is 0 Å². The van der Waals surface area contributed by atoms with Gasteiger partial charge in [-0.15, -0.1) is 0 Å². The minimum Gasteiger partial charge on any atom is -0.463 e. The molecule has 0 saturated carbocycles. The maximum absolute atomic E-state index is 12.4. The van der Waals surface area contributed by atoms with E-state index in [1.54, 1.807) is 0 Å². The van der Waals surface area contributed by atoms with E-state index >= 15 is 0 Å². The molecule has 0 aromatic heterocycles. The molecule has 0 radical (unpaired) electrons. The van der Waals surface area contributed by atoms with Crippen LogP contribution < -0.4 is 0 Å². The fourth-order valence-corrected chi connectivity index (χ4v) is 3.74. The van der Waals surface area contributed by atoms with Crippen molar-refractivity contribution >= 4 is 17.9 Å². The average Bonchev–Trinajstić information content (AvgIpc) is 3.02. The number of ether oxygens (including phenoxy) is 6. The van der Waals surface area contributed by atoms with Crippen LogP contribution in [0.15, 0.2) is 91.0 Å². The third kappa shape index (κ3) is 12.6. The van der Waals surface area contributed by atoms with Crippen LogP contribution in [0, 0.1) is 5.41 Å². The molecular weight excluding hydrogens is 540 g/mol. The highest BCUT2D eigenvalue weighted by Crippen LogP contribution is 2.24. The molecule has 0 amide bonds. The van der Waals surface area contributed by atoms with Gasteiger partial charge in [-0.05, 0) is 23.1 Å². The molecule has 9 heteroatoms. The molecule has 0 heterocycles. The summed E-state index contributed by atoms with van der Waals surface area (Å²) in [4.78, 5) is 37.3. The molecule has 0 fully saturated rings. The van der Waals surface area contributed by atoms with E-state index in [0.717, 1.165) is 16.7 Å². The molecule has 0 spiro atoms. The monoisotopic (exact) mass is 578 g/mol. The average molecular weight is 579 g/mol. The van der Waals surface area contributed by atoms with Crippen LogP contribution in [0.25, 0.3) is 0 Å². The van der Waals surface area contributed by atoms with Crippen molar-refractivity contribution in [1.29, 1.82) is 0 Å². The summed E-state index contributed by atoms with van der Waals surface area (Å²) in [6.07, 6.45) is 0.390. The number of hydrogen-bond acceptors (Lipinski definition) is 9. The Balaban J connectivity index is 1.49. The van der Waals surface area contributed by atoms with E-state index in [9.17, 15) is 14.4 Å². The number of rotatable bonds is 19. The lowest BCUT2D eigenvalue weighted by atomic mass is 9.88. The number of hydrogen-bond donors (Lipinski definition) is 0. The highest BCUT2D eigenvalue weighted by molar-refractivity contribution is 5.72. The van der Waals surface area contributed by atoms with E-state index in [-0.39, 0.29) is 59.5 Å². The summed E-state index contributed by atoms with van der Waals surface area (Å²) in [5.74, 6) is -1.75. The second-order valence-corrected chi connectivity index (χ2v) is 9.77. The van der Waals surface area contributed by atoms with Crippen LogP contribution in [0.4, 0.5) is 0 Å². The van der Waals surface area contributed by atoms with Crippen molar-refractivity contribution in [3.05, 3.63) is 108 Å². The molecule has 9 nitrogen and oxygen atoms in total. The van der Waals surface area contributed by atoms with Crippen LogP contribution in [0.1, 0.15) is 30.0 Å². The zero-order valence-corrected chi connectivity index (χ0v) is 23.9. The van der Waals surface area contributed by atoms with E-state index in [1.807, 2.05) is 97.9 Å². The molecule has 0 atom stereocenters. The van der Waals surface area contributed by atoms with Crippen LogP contribution in [-0.4, -0.2) is 57.5 Å². The molecule has 0 aliphatic rings. The zero-order valence-electron chi connectivity index (χ0n) is 23.9. The first-order valence-electron chi connectivity index (χ1n) is 13.8. The Kier molecular flexibility index (Phi) is 14.2. The normalized spacial score (nSPS) is 11.1. The number of carbonyl (C=O) groups is 3. The van der Waals surface area contributed by atoms with Crippen LogP contribution in [0.2, 0.25) is 0 Å². The molecule has 3 rings (SSSR count). The summed E-state index contributed by atoms with van der Waals surface area (Å²) in [5.41, 5.74) is 1.81. The SMILES string of the molecule is CCC(COC(=O)COCc1ccccc1)(COC(=O)COCc1ccccc1)COC(=O)COCc1ccccc1. The fraction of sp³-hybridized carbons (Fsp3) is 0.364. The summed E-state index contributed by atoms with van der Waals surface area (Å²) in [6.45, 7) is 1.41. The number of benzene rings is 3. The quantitative estimate of drug-likeness (QED) is 0.148. The molecule has 0 unspecified atom stereocenters. The molecule has 0 aliphatic carbocycles. The Bertz CT molecular complexity index is 1050. The molecule has 42 heavy (non-hydrogen) atoms. The smallest absolute Gasteiger partial charge is 0.332 e. The van der Waals surface area contributed by atoms with Crippen LogP contribution in [0.5, 0.6) is 0 Å². The van der Waals surface area contributed by atoms with Crippen molar-refractivity contribution in [3.63, 3.8) is 0 Å². The van der Waals surface area contributed by atoms with Gasteiger partial charge in [-0.2, -0.15) is 0 Å². The summed E-state index contributed by atoms with van der Waals surface area (Å²) < 4.78 is 32.8. The molecule has 0 N–H and O–H groups in total. The van der Waals surface area contributed by atoms with E-state index < -0.39 is 23.3 Å². The molecule has 0 aliphatic heterocycles. The largest absolute Gasteiger partial charge is 0.463 e. The molecule has 3 aromatic carbocycles. The van der Waals surface area contributed by atoms with Gasteiger partial charge in [0.1, 0.15) is 39.6 Å². The van der Waals surface area contributed by atoms with Gasteiger partial charge in [0.2, 0.25) is 0 Å². The van der Waals surface area contributed by atoms with Gasteiger partial charge in [0.25, 0.3) is 0 Å². The summed E-state index contributed by atoms with van der Waals surface area (Å²) >= 11 is 0. The Hall–Kier alpha value is -4.05. The van der Waals surface area contributed by atoms with Crippen molar-refractivity contribution < 1.29 is 42.8 Å². The van der Waals surface area contributed by atoms with E-state index in [0.29, 0.717) is 6.42 Å². The first kappa shape index (κ1) is 32.5. The Morgan fingerprint density at radius 1 is 0.500 bits per heavy atom. The topological polar surface area (TPSA) is 107 Å². The van der Waals surface area contributed by atoms with E-state index in [2.05, 4.69) is 0 Å². The fourth-order valence-electron chi connectivity index (χ4n) is 3.74. The maximum Gasteiger partial charge on any atom is 0.332 e. The standard InChI is InChI=1S/C33H38O9/c1-2-33(24-40-30(34)21-37-18-27-12-6-3-7-13-27,25-41-31(35)22-38-19-28-14-8-4-9-15-28)26-42-32(36)23-39-20-29-16-10-5-11-17-29/h3-17H,2,18-26H2,1H3. The van der Waals surface area contributed by atoms with E-state index in [4.69, 9.17) is 28.4 Å². The number of carbonyl (C=O) groups excluding carboxylic acids is 3. The molecule has 0 saturated heterocycles. The van der Waals surface area contributed by atoms with Crippen molar-refractivity contribution in [3.8, 4) is 0 Å². The Morgan fingerprint density at radius 2 is 0.786 bits per heavy atom. The lowest BCUT2D eigenvalue weighted by Crippen LogP contribution is -2.40. The van der Waals surface area contributed by atoms with Crippen LogP contribution in [-0.2, 0) is 62.6 Å². The third-order valence-electron chi connectivity index (χ3n) is 6.36. The van der Waals surface area contributed by atoms with Gasteiger partial charge in [0.15, 0.2) is 0 Å². The van der Waals surface area contributed by atoms with Crippen molar-refractivity contribution in [1.82, 2.24) is 0 Å². The van der Waals surface area contributed by atoms with E-state index in [1.165, 1.54) is 0 Å². The number of esters is 3. The van der Waals surface area contributed by atoms with Gasteiger partial charge >= 0.3 is 17.9 Å². The predicted octanol–water partition coefficient (Wildman–Crippen LogP) is 4.66. The van der Waals surface area contributed by atoms with Gasteiger partial charge in [-0.3, -0.25) is 0 Å². The minimum atomic E-state index is -0.973. The lowest BCUT2D eigenvalue weighted by Gasteiger charge is -2.31. The predicted molar refractivity (Wildman–Crippen MR) is 154 cm³/mol. The minimum absolute atomic E-state index is 0.146. The second-order valence-electron chi connectivity index (χ2n) is 9.77. The molecule has 3 aromatic rings. The van der Waals surface area contributed by atoms with Crippen molar-refractivity contribution in [2.45, 2.75) is 33.2 Å². The third-order valence-corrected chi connectivity index (χ3v) is 6.36. The van der Waals surface area contributed by atoms with Crippen molar-refractivity contribution in [2.75, 3.05) is 39.6 Å². The summed E-state index contributed by atoms with van der Waals surface area (Å²) in [5, 5.41) is 0. The lowest BCUT2D eigenvalue weighted by molar-refractivity contribution is -0.168. The molecular formula is C33H38O9. The molecule has 224 valence electrons. The highest BCUT2D eigenvalue weighted by Gasteiger charge is 2.34. The van der Waals surface area contributed by atoms with Gasteiger partial charge in [-0.1, -0.05) is 97.9 Å². The van der Waals surface area contributed by atoms with Crippen molar-refractivity contribution in [2.24, 2.45) is 5.41 Å². The van der Waals surface area contributed by atoms with Gasteiger partial charge in [0, 0.05) is 0 Å². The maximum atomic E-state index is 12.4. The van der Waals surface area contributed by atoms with Gasteiger partial charge in [0.05, 0.1) is 25.2 Å². The highest BCUT2D eigenvalue weighted by atomic mass is 16.6. The van der Waals surface area contributed by atoms with Gasteiger partial charge < -0.3 is 28.4 Å². The van der Waals surface area contributed by atoms with Crippen LogP contribution in [0.3, 0.4) is 0 Å². The Labute approximate surface area is 246 Å². The first-order chi connectivity index (χ1) is 20.5.